The molecule has 1 aromatic carbocycles. The lowest BCUT2D eigenvalue weighted by molar-refractivity contribution is -0.118. The van der Waals surface area contributed by atoms with Crippen LogP contribution in [0.4, 0.5) is 10.1 Å². The van der Waals surface area contributed by atoms with Crippen LogP contribution in [0.15, 0.2) is 47.6 Å². The fraction of sp³-hybridized carbons (Fsp3) is 0.400. The molecule has 0 radical (unpaired) electrons. The molecule has 27 heavy (non-hydrogen) atoms. The Hall–Kier alpha value is -2.12. The van der Waals surface area contributed by atoms with Crippen LogP contribution in [-0.4, -0.2) is 41.9 Å². The average Bonchev–Trinajstić information content (AvgIpc) is 2.65. The fourth-order valence-electron chi connectivity index (χ4n) is 3.12. The average molecular weight is 389 g/mol. The van der Waals surface area contributed by atoms with Crippen LogP contribution >= 0.6 is 11.8 Å². The molecule has 1 fully saturated rings. The molecule has 0 spiro atoms. The number of pyridine rings is 1. The molecule has 1 amide bonds. The Balaban J connectivity index is 1.52. The van der Waals surface area contributed by atoms with Crippen molar-refractivity contribution >= 4 is 23.4 Å². The van der Waals surface area contributed by atoms with Gasteiger partial charge < -0.3 is 15.0 Å². The predicted octanol–water partition coefficient (Wildman–Crippen LogP) is 3.24. The second kappa shape index (κ2) is 9.19. The molecule has 0 aliphatic carbocycles. The molecule has 1 saturated heterocycles. The van der Waals surface area contributed by atoms with Crippen molar-refractivity contribution in [3.05, 3.63) is 54.0 Å². The summed E-state index contributed by atoms with van der Waals surface area (Å²) in [7, 11) is 0. The maximum Gasteiger partial charge on any atom is 0.230 e. The Morgan fingerprint density at radius 1 is 1.30 bits per heavy atom. The van der Waals surface area contributed by atoms with Crippen LogP contribution in [-0.2, 0) is 16.1 Å². The number of thioether (sulfide) groups is 1. The van der Waals surface area contributed by atoms with Crippen LogP contribution in [0.5, 0.6) is 0 Å². The van der Waals surface area contributed by atoms with E-state index in [-0.39, 0.29) is 29.7 Å². The molecule has 1 aromatic heterocycles. The van der Waals surface area contributed by atoms with Crippen LogP contribution < -0.4 is 10.2 Å². The zero-order valence-corrected chi connectivity index (χ0v) is 16.3. The Morgan fingerprint density at radius 2 is 2.07 bits per heavy atom. The maximum atomic E-state index is 14.6. The summed E-state index contributed by atoms with van der Waals surface area (Å²) in [5.41, 5.74) is 1.32. The number of morpholine rings is 1. The molecule has 2 atom stereocenters. The van der Waals surface area contributed by atoms with Gasteiger partial charge in [0.25, 0.3) is 0 Å². The lowest BCUT2D eigenvalue weighted by Gasteiger charge is -2.37. The molecule has 5 nitrogen and oxygen atoms in total. The lowest BCUT2D eigenvalue weighted by Crippen LogP contribution is -2.45. The highest BCUT2D eigenvalue weighted by Gasteiger charge is 2.24. The first-order chi connectivity index (χ1) is 13.0. The van der Waals surface area contributed by atoms with E-state index in [1.807, 2.05) is 43.0 Å². The Kier molecular flexibility index (Phi) is 6.68. The number of hydrogen-bond donors (Lipinski definition) is 1. The number of benzene rings is 1. The summed E-state index contributed by atoms with van der Waals surface area (Å²) in [5.74, 6) is -0.0990. The van der Waals surface area contributed by atoms with E-state index in [1.54, 1.807) is 12.3 Å². The summed E-state index contributed by atoms with van der Waals surface area (Å²) in [6, 6.07) is 10.7. The number of amides is 1. The van der Waals surface area contributed by atoms with Gasteiger partial charge in [0.05, 0.1) is 28.7 Å². The van der Waals surface area contributed by atoms with Crippen molar-refractivity contribution in [2.75, 3.05) is 23.7 Å². The Bertz CT molecular complexity index is 765. The Morgan fingerprint density at radius 3 is 2.74 bits per heavy atom. The highest BCUT2D eigenvalue weighted by atomic mass is 32.2. The van der Waals surface area contributed by atoms with Gasteiger partial charge in [-0.2, -0.15) is 0 Å². The minimum atomic E-state index is -0.272. The molecular weight excluding hydrogens is 365 g/mol. The molecule has 7 heteroatoms. The summed E-state index contributed by atoms with van der Waals surface area (Å²) in [6.45, 7) is 5.62. The minimum Gasteiger partial charge on any atom is -0.372 e. The zero-order chi connectivity index (χ0) is 19.2. The zero-order valence-electron chi connectivity index (χ0n) is 15.5. The molecular formula is C20H24FN3O2S. The van der Waals surface area contributed by atoms with Gasteiger partial charge in [-0.05, 0) is 43.7 Å². The van der Waals surface area contributed by atoms with E-state index >= 15 is 0 Å². The van der Waals surface area contributed by atoms with Crippen LogP contribution in [0.2, 0.25) is 0 Å². The first-order valence-electron chi connectivity index (χ1n) is 9.00. The summed E-state index contributed by atoms with van der Waals surface area (Å²) in [5, 5.41) is 3.62. The molecule has 2 heterocycles. The largest absolute Gasteiger partial charge is 0.372 e. The van der Waals surface area contributed by atoms with Gasteiger partial charge in [0.15, 0.2) is 0 Å². The van der Waals surface area contributed by atoms with E-state index in [9.17, 15) is 9.18 Å². The maximum absolute atomic E-state index is 14.6. The van der Waals surface area contributed by atoms with Crippen molar-refractivity contribution in [3.63, 3.8) is 0 Å². The third-order valence-corrected chi connectivity index (χ3v) is 5.19. The molecule has 1 aliphatic heterocycles. The highest BCUT2D eigenvalue weighted by Crippen LogP contribution is 2.24. The molecule has 0 saturated carbocycles. The van der Waals surface area contributed by atoms with Gasteiger partial charge in [-0.1, -0.05) is 23.9 Å². The number of anilines is 1. The second-order valence-corrected chi connectivity index (χ2v) is 7.68. The van der Waals surface area contributed by atoms with Crippen molar-refractivity contribution in [1.82, 2.24) is 10.3 Å². The summed E-state index contributed by atoms with van der Waals surface area (Å²) in [4.78, 5) is 18.2. The minimum absolute atomic E-state index is 0.0729. The highest BCUT2D eigenvalue weighted by molar-refractivity contribution is 7.99. The number of aromatic nitrogens is 1. The van der Waals surface area contributed by atoms with E-state index in [0.29, 0.717) is 25.3 Å². The predicted molar refractivity (Wildman–Crippen MR) is 105 cm³/mol. The van der Waals surface area contributed by atoms with E-state index in [1.165, 1.54) is 17.8 Å². The Labute approximate surface area is 163 Å². The van der Waals surface area contributed by atoms with E-state index < -0.39 is 0 Å². The number of rotatable bonds is 6. The summed E-state index contributed by atoms with van der Waals surface area (Å²) < 4.78 is 20.3. The molecule has 1 N–H and O–H groups in total. The topological polar surface area (TPSA) is 54.5 Å². The number of ether oxygens (including phenoxy) is 1. The van der Waals surface area contributed by atoms with Crippen LogP contribution in [0.3, 0.4) is 0 Å². The van der Waals surface area contributed by atoms with Gasteiger partial charge in [-0.15, -0.1) is 0 Å². The van der Waals surface area contributed by atoms with Crippen LogP contribution in [0.25, 0.3) is 0 Å². The number of carbonyl (C=O) groups is 1. The third-order valence-electron chi connectivity index (χ3n) is 4.25. The van der Waals surface area contributed by atoms with Gasteiger partial charge in [0, 0.05) is 25.8 Å². The lowest BCUT2D eigenvalue weighted by atomic mass is 10.1. The van der Waals surface area contributed by atoms with E-state index in [4.69, 9.17) is 4.74 Å². The van der Waals surface area contributed by atoms with Crippen molar-refractivity contribution in [2.45, 2.75) is 37.6 Å². The number of nitrogens with one attached hydrogen (secondary N) is 1. The van der Waals surface area contributed by atoms with Gasteiger partial charge in [-0.25, -0.2) is 9.37 Å². The SMILES string of the molecule is CC1CN(c2ccc(CNC(=O)CSc3ccccn3)cc2F)CC(C)O1. The third kappa shape index (κ3) is 5.68. The van der Waals surface area contributed by atoms with Crippen molar-refractivity contribution in [2.24, 2.45) is 0 Å². The van der Waals surface area contributed by atoms with Crippen LogP contribution in [0, 0.1) is 5.82 Å². The fourth-order valence-corrected chi connectivity index (χ4v) is 3.81. The van der Waals surface area contributed by atoms with Crippen molar-refractivity contribution in [3.8, 4) is 0 Å². The number of hydrogen-bond acceptors (Lipinski definition) is 5. The van der Waals surface area contributed by atoms with Crippen LogP contribution in [0.1, 0.15) is 19.4 Å². The van der Waals surface area contributed by atoms with E-state index in [2.05, 4.69) is 10.3 Å². The monoisotopic (exact) mass is 389 g/mol. The molecule has 0 bridgehead atoms. The van der Waals surface area contributed by atoms with Gasteiger partial charge in [0.2, 0.25) is 5.91 Å². The summed E-state index contributed by atoms with van der Waals surface area (Å²) >= 11 is 1.37. The normalized spacial score (nSPS) is 19.7. The standard InChI is InChI=1S/C20H24FN3O2S/c1-14-11-24(12-15(2)26-14)18-7-6-16(9-17(18)21)10-23-19(25)13-27-20-5-3-4-8-22-20/h3-9,14-15H,10-13H2,1-2H3,(H,23,25). The molecule has 2 unspecified atom stereocenters. The second-order valence-electron chi connectivity index (χ2n) is 6.68. The number of carbonyl (C=O) groups excluding carboxylic acids is 1. The number of halogens is 1. The molecule has 144 valence electrons. The van der Waals surface area contributed by atoms with Crippen molar-refractivity contribution in [1.29, 1.82) is 0 Å². The molecule has 1 aliphatic rings. The van der Waals surface area contributed by atoms with Gasteiger partial charge in [-0.3, -0.25) is 4.79 Å². The van der Waals surface area contributed by atoms with E-state index in [0.717, 1.165) is 10.6 Å². The molecule has 3 rings (SSSR count). The van der Waals surface area contributed by atoms with Gasteiger partial charge >= 0.3 is 0 Å². The smallest absolute Gasteiger partial charge is 0.230 e. The number of nitrogens with zero attached hydrogens (tertiary/aromatic N) is 2. The first-order valence-corrected chi connectivity index (χ1v) is 9.99. The summed E-state index contributed by atoms with van der Waals surface area (Å²) in [6.07, 6.45) is 1.84. The first kappa shape index (κ1) is 19.6. The molecule has 2 aromatic rings. The van der Waals surface area contributed by atoms with Crippen molar-refractivity contribution < 1.29 is 13.9 Å². The van der Waals surface area contributed by atoms with Gasteiger partial charge in [0.1, 0.15) is 5.82 Å². The quantitative estimate of drug-likeness (QED) is 0.769.